The van der Waals surface area contributed by atoms with Crippen molar-refractivity contribution < 1.29 is 14.4 Å². The van der Waals surface area contributed by atoms with Gasteiger partial charge in [-0.1, -0.05) is 35.9 Å². The van der Waals surface area contributed by atoms with E-state index in [0.29, 0.717) is 11.8 Å². The second-order valence-corrected chi connectivity index (χ2v) is 7.49. The maximum atomic E-state index is 12.8. The number of nitrogens with one attached hydrogen (secondary N) is 1. The van der Waals surface area contributed by atoms with Crippen LogP contribution < -0.4 is 5.43 Å². The first kappa shape index (κ1) is 14.2. The monoisotopic (exact) mass is 342 g/mol. The number of carbonyl (C=O) groups excluding carboxylic acids is 3. The van der Waals surface area contributed by atoms with E-state index in [-0.39, 0.29) is 46.1 Å². The highest BCUT2D eigenvalue weighted by Gasteiger charge is 2.67. The summed E-state index contributed by atoms with van der Waals surface area (Å²) < 4.78 is 0. The molecular weight excluding hydrogens is 328 g/mol. The SMILES string of the molecule is O=C(NN1C(=O)[C@@H]2[C@@H]3C=C[C@@H]([C@H]4C[C@@H]34)[C@@H]2C1=O)c1ccccc1Cl. The predicted octanol–water partition coefficient (Wildman–Crippen LogP) is 2.04. The fourth-order valence-electron chi connectivity index (χ4n) is 4.87. The average Bonchev–Trinajstić information content (AvgIpc) is 3.36. The lowest BCUT2D eigenvalue weighted by Gasteiger charge is -2.37. The number of hydrogen-bond acceptors (Lipinski definition) is 3. The summed E-state index contributed by atoms with van der Waals surface area (Å²) in [6, 6.07) is 6.57. The molecule has 5 aliphatic rings. The first-order valence-corrected chi connectivity index (χ1v) is 8.57. The molecule has 0 radical (unpaired) electrons. The number of rotatable bonds is 2. The van der Waals surface area contributed by atoms with Crippen LogP contribution in [0.5, 0.6) is 0 Å². The highest BCUT2D eigenvalue weighted by atomic mass is 35.5. The average molecular weight is 343 g/mol. The second kappa shape index (κ2) is 4.70. The van der Waals surface area contributed by atoms with Gasteiger partial charge in [-0.05, 0) is 42.2 Å². The summed E-state index contributed by atoms with van der Waals surface area (Å²) in [4.78, 5) is 38.0. The number of hydrogen-bond donors (Lipinski definition) is 1. The molecule has 0 spiro atoms. The Morgan fingerprint density at radius 1 is 1.04 bits per heavy atom. The molecule has 1 N–H and O–H groups in total. The Labute approximate surface area is 143 Å². The van der Waals surface area contributed by atoms with Crippen molar-refractivity contribution in [3.05, 3.63) is 47.0 Å². The number of halogens is 1. The molecule has 0 aromatic heterocycles. The Morgan fingerprint density at radius 3 is 2.21 bits per heavy atom. The van der Waals surface area contributed by atoms with E-state index in [1.807, 2.05) is 0 Å². The summed E-state index contributed by atoms with van der Waals surface area (Å²) in [7, 11) is 0. The molecule has 6 heteroatoms. The zero-order valence-corrected chi connectivity index (χ0v) is 13.4. The maximum absolute atomic E-state index is 12.8. The molecular formula is C18H15ClN2O3. The van der Waals surface area contributed by atoms with Crippen LogP contribution in [0.1, 0.15) is 16.8 Å². The molecule has 6 rings (SSSR count). The van der Waals surface area contributed by atoms with E-state index in [2.05, 4.69) is 17.6 Å². The number of carbonyl (C=O) groups is 3. The number of benzene rings is 1. The van der Waals surface area contributed by atoms with Gasteiger partial charge in [0.15, 0.2) is 0 Å². The smallest absolute Gasteiger partial charge is 0.271 e. The summed E-state index contributed by atoms with van der Waals surface area (Å²) >= 11 is 6.02. The van der Waals surface area contributed by atoms with Crippen LogP contribution in [0.25, 0.3) is 0 Å². The fraction of sp³-hybridized carbons (Fsp3) is 0.389. The largest absolute Gasteiger partial charge is 0.272 e. The standard InChI is InChI=1S/C18H15ClN2O3/c19-13-4-2-1-3-10(13)16(22)20-21-17(23)14-8-5-6-9(12-7-11(8)12)15(14)18(21)24/h1-6,8-9,11-12,14-15H,7H2,(H,20,22)/t8-,9+,11+,12-,14-,15+. The minimum Gasteiger partial charge on any atom is -0.272 e. The number of amides is 3. The Hall–Kier alpha value is -2.14. The molecule has 6 atom stereocenters. The van der Waals surface area contributed by atoms with Crippen molar-refractivity contribution in [1.29, 1.82) is 0 Å². The fourth-order valence-corrected chi connectivity index (χ4v) is 5.10. The zero-order chi connectivity index (χ0) is 16.6. The van der Waals surface area contributed by atoms with E-state index in [1.165, 1.54) is 0 Å². The number of hydrazine groups is 1. The van der Waals surface area contributed by atoms with Crippen LogP contribution in [0.4, 0.5) is 0 Å². The van der Waals surface area contributed by atoms with Crippen molar-refractivity contribution in [1.82, 2.24) is 10.4 Å². The van der Waals surface area contributed by atoms with Crippen LogP contribution in [-0.2, 0) is 9.59 Å². The first-order chi connectivity index (χ1) is 11.6. The Kier molecular flexibility index (Phi) is 2.78. The summed E-state index contributed by atoms with van der Waals surface area (Å²) in [6.45, 7) is 0. The molecule has 1 aliphatic heterocycles. The third-order valence-corrected chi connectivity index (χ3v) is 6.32. The summed E-state index contributed by atoms with van der Waals surface area (Å²) in [5.41, 5.74) is 2.72. The van der Waals surface area contributed by atoms with Gasteiger partial charge >= 0.3 is 0 Å². The molecule has 1 heterocycles. The Balaban J connectivity index is 1.43. The van der Waals surface area contributed by atoms with Crippen LogP contribution in [0.3, 0.4) is 0 Å². The second-order valence-electron chi connectivity index (χ2n) is 7.09. The van der Waals surface area contributed by atoms with Gasteiger partial charge in [-0.2, -0.15) is 5.01 Å². The molecule has 1 saturated heterocycles. The zero-order valence-electron chi connectivity index (χ0n) is 12.7. The third-order valence-electron chi connectivity index (χ3n) is 5.99. The third kappa shape index (κ3) is 1.73. The van der Waals surface area contributed by atoms with Gasteiger partial charge in [0.05, 0.1) is 22.4 Å². The van der Waals surface area contributed by atoms with Gasteiger partial charge in [0.25, 0.3) is 17.7 Å². The molecule has 2 bridgehead atoms. The normalized spacial score (nSPS) is 38.1. The van der Waals surface area contributed by atoms with Crippen LogP contribution in [0.2, 0.25) is 5.02 Å². The van der Waals surface area contributed by atoms with E-state index in [9.17, 15) is 14.4 Å². The number of imide groups is 1. The molecule has 3 fully saturated rings. The molecule has 1 aromatic rings. The van der Waals surface area contributed by atoms with E-state index >= 15 is 0 Å². The van der Waals surface area contributed by atoms with Gasteiger partial charge in [0.2, 0.25) is 0 Å². The maximum Gasteiger partial charge on any atom is 0.271 e. The summed E-state index contributed by atoms with van der Waals surface area (Å²) in [5, 5.41) is 1.22. The Bertz CT molecular complexity index is 784. The van der Waals surface area contributed by atoms with Crippen molar-refractivity contribution in [2.75, 3.05) is 0 Å². The lowest BCUT2D eigenvalue weighted by Crippen LogP contribution is -2.47. The van der Waals surface area contributed by atoms with Gasteiger partial charge in [0, 0.05) is 0 Å². The molecule has 4 aliphatic carbocycles. The van der Waals surface area contributed by atoms with Crippen LogP contribution in [0.15, 0.2) is 36.4 Å². The van der Waals surface area contributed by atoms with Crippen molar-refractivity contribution >= 4 is 29.3 Å². The van der Waals surface area contributed by atoms with Crippen LogP contribution in [0, 0.1) is 35.5 Å². The van der Waals surface area contributed by atoms with Gasteiger partial charge in [-0.25, -0.2) is 0 Å². The van der Waals surface area contributed by atoms with Crippen molar-refractivity contribution in [3.8, 4) is 0 Å². The van der Waals surface area contributed by atoms with Gasteiger partial charge < -0.3 is 0 Å². The van der Waals surface area contributed by atoms with E-state index in [1.54, 1.807) is 24.3 Å². The van der Waals surface area contributed by atoms with Gasteiger partial charge in [0.1, 0.15) is 0 Å². The highest BCUT2D eigenvalue weighted by Crippen LogP contribution is 2.65. The van der Waals surface area contributed by atoms with Gasteiger partial charge in [-0.3, -0.25) is 19.8 Å². The highest BCUT2D eigenvalue weighted by molar-refractivity contribution is 6.33. The molecule has 3 amide bonds. The molecule has 5 nitrogen and oxygen atoms in total. The van der Waals surface area contributed by atoms with Crippen molar-refractivity contribution in [3.63, 3.8) is 0 Å². The molecule has 24 heavy (non-hydrogen) atoms. The minimum absolute atomic E-state index is 0.142. The molecule has 1 aromatic carbocycles. The number of allylic oxidation sites excluding steroid dienone is 2. The van der Waals surface area contributed by atoms with E-state index in [4.69, 9.17) is 11.6 Å². The minimum atomic E-state index is -0.536. The first-order valence-electron chi connectivity index (χ1n) is 8.19. The predicted molar refractivity (Wildman–Crippen MR) is 85.5 cm³/mol. The van der Waals surface area contributed by atoms with Gasteiger partial charge in [-0.15, -0.1) is 0 Å². The molecule has 0 unspecified atom stereocenters. The lowest BCUT2D eigenvalue weighted by atomic mass is 9.63. The lowest BCUT2D eigenvalue weighted by molar-refractivity contribution is -0.143. The van der Waals surface area contributed by atoms with Crippen molar-refractivity contribution in [2.24, 2.45) is 35.5 Å². The molecule has 122 valence electrons. The van der Waals surface area contributed by atoms with E-state index in [0.717, 1.165) is 11.4 Å². The molecule has 2 saturated carbocycles. The van der Waals surface area contributed by atoms with E-state index < -0.39 is 5.91 Å². The van der Waals surface area contributed by atoms with Crippen LogP contribution >= 0.6 is 11.6 Å². The quantitative estimate of drug-likeness (QED) is 0.660. The van der Waals surface area contributed by atoms with Crippen LogP contribution in [-0.4, -0.2) is 22.7 Å². The summed E-state index contributed by atoms with van der Waals surface area (Å²) in [6.07, 6.45) is 5.32. The number of nitrogens with zero attached hydrogens (tertiary/aromatic N) is 1. The van der Waals surface area contributed by atoms with Crippen molar-refractivity contribution in [2.45, 2.75) is 6.42 Å². The Morgan fingerprint density at radius 2 is 1.62 bits per heavy atom. The topological polar surface area (TPSA) is 66.5 Å². The summed E-state index contributed by atoms with van der Waals surface area (Å²) in [5.74, 6) is -0.371.